The Hall–Kier alpha value is -1.40. The quantitative estimate of drug-likeness (QED) is 0.747. The minimum atomic E-state index is 0.0488. The first kappa shape index (κ1) is 18.9. The first-order valence-corrected chi connectivity index (χ1v) is 8.86. The smallest absolute Gasteiger partial charge is 0.259 e. The number of piperazine rings is 1. The van der Waals surface area contributed by atoms with Crippen LogP contribution in [0.3, 0.4) is 0 Å². The third kappa shape index (κ3) is 3.98. The number of ether oxygens (including phenoxy) is 1. The van der Waals surface area contributed by atoms with Crippen molar-refractivity contribution in [1.82, 2.24) is 15.0 Å². The number of carbonyl (C=O) groups excluding carboxylic acids is 1. The molecular weight excluding hydrogens is 306 g/mol. The van der Waals surface area contributed by atoms with Gasteiger partial charge in [-0.3, -0.25) is 9.69 Å². The third-order valence-corrected chi connectivity index (χ3v) is 4.78. The Morgan fingerprint density at radius 3 is 2.50 bits per heavy atom. The van der Waals surface area contributed by atoms with Crippen molar-refractivity contribution in [2.45, 2.75) is 59.0 Å². The Morgan fingerprint density at radius 1 is 1.33 bits per heavy atom. The van der Waals surface area contributed by atoms with Crippen LogP contribution in [-0.2, 0) is 4.74 Å². The summed E-state index contributed by atoms with van der Waals surface area (Å²) in [4.78, 5) is 17.5. The minimum absolute atomic E-state index is 0.0488. The molecule has 1 amide bonds. The van der Waals surface area contributed by atoms with E-state index in [0.29, 0.717) is 29.1 Å². The molecule has 1 aliphatic heterocycles. The highest BCUT2D eigenvalue weighted by molar-refractivity contribution is 5.96. The van der Waals surface area contributed by atoms with E-state index in [1.54, 1.807) is 7.11 Å². The Balaban J connectivity index is 2.09. The van der Waals surface area contributed by atoms with Crippen molar-refractivity contribution >= 4 is 5.91 Å². The van der Waals surface area contributed by atoms with Crippen LogP contribution in [0.1, 0.15) is 61.8 Å². The largest absolute Gasteiger partial charge is 0.385 e. The molecule has 2 heterocycles. The van der Waals surface area contributed by atoms with Crippen molar-refractivity contribution in [1.29, 1.82) is 0 Å². The van der Waals surface area contributed by atoms with E-state index in [2.05, 4.69) is 23.9 Å². The van der Waals surface area contributed by atoms with Gasteiger partial charge in [-0.25, -0.2) is 0 Å². The summed E-state index contributed by atoms with van der Waals surface area (Å²) in [6.45, 7) is 13.5. The molecule has 6 nitrogen and oxygen atoms in total. The number of carbonyl (C=O) groups is 1. The second kappa shape index (κ2) is 8.12. The van der Waals surface area contributed by atoms with Crippen LogP contribution in [0.25, 0.3) is 0 Å². The molecule has 0 spiro atoms. The molecule has 0 N–H and O–H groups in total. The zero-order valence-electron chi connectivity index (χ0n) is 15.8. The van der Waals surface area contributed by atoms with Crippen LogP contribution in [0.5, 0.6) is 0 Å². The number of aryl methyl sites for hydroxylation is 1. The van der Waals surface area contributed by atoms with Crippen LogP contribution in [0.15, 0.2) is 4.52 Å². The number of aromatic nitrogens is 1. The van der Waals surface area contributed by atoms with E-state index in [1.807, 2.05) is 25.7 Å². The topological polar surface area (TPSA) is 58.8 Å². The second-order valence-electron chi connectivity index (χ2n) is 7.15. The maximum atomic E-state index is 13.1. The lowest BCUT2D eigenvalue weighted by atomic mass is 10.0. The fraction of sp³-hybridized carbons (Fsp3) is 0.778. The molecular formula is C18H31N3O3. The van der Waals surface area contributed by atoms with Gasteiger partial charge in [-0.2, -0.15) is 0 Å². The molecule has 1 aromatic rings. The van der Waals surface area contributed by atoms with Gasteiger partial charge in [-0.05, 0) is 27.2 Å². The average Bonchev–Trinajstić information content (AvgIpc) is 2.91. The van der Waals surface area contributed by atoms with Crippen LogP contribution >= 0.6 is 0 Å². The maximum absolute atomic E-state index is 13.1. The third-order valence-electron chi connectivity index (χ3n) is 4.78. The molecule has 6 heteroatoms. The molecule has 0 aromatic carbocycles. The molecule has 1 saturated heterocycles. The first-order chi connectivity index (χ1) is 11.4. The van der Waals surface area contributed by atoms with Gasteiger partial charge in [0.25, 0.3) is 5.91 Å². The molecule has 136 valence electrons. The van der Waals surface area contributed by atoms with E-state index >= 15 is 0 Å². The summed E-state index contributed by atoms with van der Waals surface area (Å²) in [5.41, 5.74) is 1.34. The van der Waals surface area contributed by atoms with E-state index in [9.17, 15) is 4.79 Å². The predicted octanol–water partition coefficient (Wildman–Crippen LogP) is 2.68. The summed E-state index contributed by atoms with van der Waals surface area (Å²) >= 11 is 0. The molecule has 1 aromatic heterocycles. The standard InChI is InChI=1S/C18H31N3O3/c1-12(2)17-16(15(5)19-24-17)18(22)20-10-13(3)21(14(4)11-20)8-7-9-23-6/h12-14H,7-11H2,1-6H3. The molecule has 0 bridgehead atoms. The lowest BCUT2D eigenvalue weighted by molar-refractivity contribution is 0.0268. The van der Waals surface area contributed by atoms with Crippen molar-refractivity contribution in [2.24, 2.45) is 0 Å². The zero-order valence-corrected chi connectivity index (χ0v) is 15.8. The molecule has 1 aliphatic rings. The monoisotopic (exact) mass is 337 g/mol. The molecule has 2 unspecified atom stereocenters. The number of nitrogens with zero attached hydrogens (tertiary/aromatic N) is 3. The molecule has 0 saturated carbocycles. The summed E-state index contributed by atoms with van der Waals surface area (Å²) in [6.07, 6.45) is 1.02. The Bertz CT molecular complexity index is 544. The van der Waals surface area contributed by atoms with Crippen molar-refractivity contribution < 1.29 is 14.1 Å². The van der Waals surface area contributed by atoms with Crippen LogP contribution in [0, 0.1) is 6.92 Å². The highest BCUT2D eigenvalue weighted by Gasteiger charge is 2.34. The minimum Gasteiger partial charge on any atom is -0.385 e. The van der Waals surface area contributed by atoms with Gasteiger partial charge in [-0.15, -0.1) is 0 Å². The summed E-state index contributed by atoms with van der Waals surface area (Å²) in [5, 5.41) is 4.01. The fourth-order valence-corrected chi connectivity index (χ4v) is 3.55. The molecule has 2 atom stereocenters. The Labute approximate surface area is 145 Å². The summed E-state index contributed by atoms with van der Waals surface area (Å²) in [6, 6.07) is 0.662. The molecule has 0 aliphatic carbocycles. The lowest BCUT2D eigenvalue weighted by Crippen LogP contribution is -2.58. The first-order valence-electron chi connectivity index (χ1n) is 8.86. The number of amides is 1. The summed E-state index contributed by atoms with van der Waals surface area (Å²) < 4.78 is 10.5. The van der Waals surface area contributed by atoms with Crippen LogP contribution in [0.4, 0.5) is 0 Å². The van der Waals surface area contributed by atoms with E-state index in [0.717, 1.165) is 32.7 Å². The van der Waals surface area contributed by atoms with Gasteiger partial charge in [0.1, 0.15) is 5.56 Å². The number of methoxy groups -OCH3 is 1. The number of hydrogen-bond acceptors (Lipinski definition) is 5. The number of hydrogen-bond donors (Lipinski definition) is 0. The Kier molecular flexibility index (Phi) is 6.40. The van der Waals surface area contributed by atoms with E-state index in [1.165, 1.54) is 0 Å². The van der Waals surface area contributed by atoms with Crippen LogP contribution in [0.2, 0.25) is 0 Å². The summed E-state index contributed by atoms with van der Waals surface area (Å²) in [7, 11) is 1.73. The molecule has 1 fully saturated rings. The fourth-order valence-electron chi connectivity index (χ4n) is 3.55. The van der Waals surface area contributed by atoms with Crippen molar-refractivity contribution in [3.8, 4) is 0 Å². The summed E-state index contributed by atoms with van der Waals surface area (Å²) in [5.74, 6) is 0.892. The number of rotatable bonds is 6. The highest BCUT2D eigenvalue weighted by Crippen LogP contribution is 2.26. The molecule has 0 radical (unpaired) electrons. The van der Waals surface area contributed by atoms with Crippen LogP contribution < -0.4 is 0 Å². The van der Waals surface area contributed by atoms with Gasteiger partial charge in [0, 0.05) is 51.4 Å². The lowest BCUT2D eigenvalue weighted by Gasteiger charge is -2.44. The van der Waals surface area contributed by atoms with Crippen molar-refractivity contribution in [3.63, 3.8) is 0 Å². The SMILES string of the molecule is COCCCN1C(C)CN(C(=O)c2c(C)noc2C(C)C)CC1C. The van der Waals surface area contributed by atoms with Crippen molar-refractivity contribution in [2.75, 3.05) is 33.4 Å². The average molecular weight is 337 g/mol. The van der Waals surface area contributed by atoms with E-state index < -0.39 is 0 Å². The van der Waals surface area contributed by atoms with Gasteiger partial charge in [0.15, 0.2) is 5.76 Å². The van der Waals surface area contributed by atoms with Gasteiger partial charge in [0.2, 0.25) is 0 Å². The second-order valence-corrected chi connectivity index (χ2v) is 7.15. The maximum Gasteiger partial charge on any atom is 0.259 e. The molecule has 24 heavy (non-hydrogen) atoms. The van der Waals surface area contributed by atoms with Crippen LogP contribution in [-0.4, -0.2) is 66.3 Å². The Morgan fingerprint density at radius 2 is 1.96 bits per heavy atom. The zero-order chi connectivity index (χ0) is 17.9. The van der Waals surface area contributed by atoms with Gasteiger partial charge < -0.3 is 14.2 Å². The van der Waals surface area contributed by atoms with Gasteiger partial charge in [0.05, 0.1) is 5.69 Å². The highest BCUT2D eigenvalue weighted by atomic mass is 16.5. The van der Waals surface area contributed by atoms with Gasteiger partial charge >= 0.3 is 0 Å². The normalized spacial score (nSPS) is 22.4. The predicted molar refractivity (Wildman–Crippen MR) is 93.4 cm³/mol. The molecule has 2 rings (SSSR count). The van der Waals surface area contributed by atoms with E-state index in [4.69, 9.17) is 9.26 Å². The van der Waals surface area contributed by atoms with E-state index in [-0.39, 0.29) is 11.8 Å². The van der Waals surface area contributed by atoms with Crippen molar-refractivity contribution in [3.05, 3.63) is 17.0 Å². The van der Waals surface area contributed by atoms with Gasteiger partial charge in [-0.1, -0.05) is 19.0 Å².